The summed E-state index contributed by atoms with van der Waals surface area (Å²) in [6, 6.07) is 0. The monoisotopic (exact) mass is 246 g/mol. The van der Waals surface area contributed by atoms with E-state index in [2.05, 4.69) is 9.78 Å². The van der Waals surface area contributed by atoms with Crippen molar-refractivity contribution in [3.05, 3.63) is 0 Å². The first-order chi connectivity index (χ1) is 7.33. The second-order valence-corrected chi connectivity index (χ2v) is 3.65. The lowest BCUT2D eigenvalue weighted by Gasteiger charge is -2.20. The first kappa shape index (κ1) is 15.6. The molecule has 0 aromatic carbocycles. The van der Waals surface area contributed by atoms with E-state index in [0.29, 0.717) is 12.8 Å². The summed E-state index contributed by atoms with van der Waals surface area (Å²) < 4.78 is 51.1. The van der Waals surface area contributed by atoms with Gasteiger partial charge in [-0.1, -0.05) is 26.7 Å². The Bertz CT molecular complexity index is 166. The number of hydrogen-bond acceptors (Lipinski definition) is 2. The maximum atomic E-state index is 12.8. The number of hydrogen-bond donors (Lipinski definition) is 0. The lowest BCUT2D eigenvalue weighted by atomic mass is 10.2. The van der Waals surface area contributed by atoms with Gasteiger partial charge in [0.1, 0.15) is 0 Å². The molecule has 0 aliphatic rings. The lowest BCUT2D eigenvalue weighted by molar-refractivity contribution is -0.521. The van der Waals surface area contributed by atoms with Gasteiger partial charge in [0.15, 0.2) is 0 Å². The van der Waals surface area contributed by atoms with Crippen molar-refractivity contribution < 1.29 is 27.3 Å². The van der Waals surface area contributed by atoms with Crippen molar-refractivity contribution in [1.29, 1.82) is 0 Å². The van der Waals surface area contributed by atoms with Crippen LogP contribution in [0.15, 0.2) is 0 Å². The fourth-order valence-corrected chi connectivity index (χ4v) is 0.970. The Kier molecular flexibility index (Phi) is 6.90. The van der Waals surface area contributed by atoms with E-state index in [9.17, 15) is 17.6 Å². The molecule has 0 aromatic rings. The highest BCUT2D eigenvalue weighted by atomic mass is 19.3. The zero-order valence-corrected chi connectivity index (χ0v) is 9.57. The molecule has 2 nitrogen and oxygen atoms in total. The van der Waals surface area contributed by atoms with Gasteiger partial charge in [-0.15, -0.1) is 0 Å². The fraction of sp³-hybridized carbons (Fsp3) is 1.00. The van der Waals surface area contributed by atoms with Crippen LogP contribution in [0.2, 0.25) is 0 Å². The predicted octanol–water partition coefficient (Wildman–Crippen LogP) is 4.50. The summed E-state index contributed by atoms with van der Waals surface area (Å²) in [5, 5.41) is 0. The molecule has 0 N–H and O–H groups in total. The van der Waals surface area contributed by atoms with Crippen LogP contribution in [0.4, 0.5) is 17.6 Å². The van der Waals surface area contributed by atoms with Crippen molar-refractivity contribution in [1.82, 2.24) is 0 Å². The Labute approximate surface area is 92.8 Å². The van der Waals surface area contributed by atoms with E-state index in [1.54, 1.807) is 13.8 Å². The molecule has 0 aliphatic carbocycles. The normalized spacial score (nSPS) is 13.1. The molecule has 16 heavy (non-hydrogen) atoms. The Morgan fingerprint density at radius 2 is 1.06 bits per heavy atom. The SMILES string of the molecule is CCCCC(F)(F)OOC(F)(F)CCCC. The highest BCUT2D eigenvalue weighted by molar-refractivity contribution is 4.52. The van der Waals surface area contributed by atoms with Gasteiger partial charge in [0, 0.05) is 12.8 Å². The van der Waals surface area contributed by atoms with E-state index < -0.39 is 25.1 Å². The van der Waals surface area contributed by atoms with Crippen LogP contribution >= 0.6 is 0 Å². The molecule has 0 atom stereocenters. The molecule has 0 bridgehead atoms. The van der Waals surface area contributed by atoms with Crippen LogP contribution in [-0.2, 0) is 9.78 Å². The molecule has 0 rings (SSSR count). The van der Waals surface area contributed by atoms with Crippen LogP contribution in [0.1, 0.15) is 52.4 Å². The van der Waals surface area contributed by atoms with Gasteiger partial charge >= 0.3 is 12.2 Å². The van der Waals surface area contributed by atoms with Crippen molar-refractivity contribution in [2.24, 2.45) is 0 Å². The van der Waals surface area contributed by atoms with E-state index in [0.717, 1.165) is 0 Å². The molecule has 0 fully saturated rings. The minimum atomic E-state index is -3.65. The molecule has 0 unspecified atom stereocenters. The van der Waals surface area contributed by atoms with Crippen molar-refractivity contribution in [2.75, 3.05) is 0 Å². The Morgan fingerprint density at radius 1 is 0.750 bits per heavy atom. The third-order valence-corrected chi connectivity index (χ3v) is 1.93. The van der Waals surface area contributed by atoms with E-state index in [1.807, 2.05) is 0 Å². The molecule has 0 heterocycles. The summed E-state index contributed by atoms with van der Waals surface area (Å²) >= 11 is 0. The van der Waals surface area contributed by atoms with E-state index in [1.165, 1.54) is 0 Å². The van der Waals surface area contributed by atoms with Crippen LogP contribution in [-0.4, -0.2) is 12.2 Å². The Morgan fingerprint density at radius 3 is 1.31 bits per heavy atom. The van der Waals surface area contributed by atoms with Gasteiger partial charge in [0.25, 0.3) is 0 Å². The van der Waals surface area contributed by atoms with Crippen LogP contribution in [0.5, 0.6) is 0 Å². The van der Waals surface area contributed by atoms with Crippen LogP contribution in [0.25, 0.3) is 0 Å². The lowest BCUT2D eigenvalue weighted by Crippen LogP contribution is -2.29. The topological polar surface area (TPSA) is 18.5 Å². The van der Waals surface area contributed by atoms with Crippen molar-refractivity contribution >= 4 is 0 Å². The van der Waals surface area contributed by atoms with E-state index in [-0.39, 0.29) is 12.8 Å². The second-order valence-electron chi connectivity index (χ2n) is 3.65. The standard InChI is InChI=1S/C10H18F4O2/c1-3-5-7-9(11,12)15-16-10(13,14)8-6-4-2/h3-8H2,1-2H3. The van der Waals surface area contributed by atoms with Gasteiger partial charge in [-0.3, -0.25) is 0 Å². The minimum Gasteiger partial charge on any atom is -0.173 e. The smallest absolute Gasteiger partial charge is 0.173 e. The van der Waals surface area contributed by atoms with Crippen molar-refractivity contribution in [3.63, 3.8) is 0 Å². The maximum absolute atomic E-state index is 12.8. The largest absolute Gasteiger partial charge is 0.381 e. The van der Waals surface area contributed by atoms with Gasteiger partial charge in [-0.05, 0) is 12.8 Å². The first-order valence-corrected chi connectivity index (χ1v) is 5.45. The molecular weight excluding hydrogens is 228 g/mol. The molecule has 6 heteroatoms. The summed E-state index contributed by atoms with van der Waals surface area (Å²) in [5.74, 6) is 0. The van der Waals surface area contributed by atoms with Crippen LogP contribution in [0, 0.1) is 0 Å². The van der Waals surface area contributed by atoms with E-state index >= 15 is 0 Å². The highest BCUT2D eigenvalue weighted by Gasteiger charge is 2.38. The molecule has 0 radical (unpaired) electrons. The number of unbranched alkanes of at least 4 members (excludes halogenated alkanes) is 2. The van der Waals surface area contributed by atoms with Gasteiger partial charge in [0.05, 0.1) is 0 Å². The third kappa shape index (κ3) is 7.87. The van der Waals surface area contributed by atoms with Crippen molar-refractivity contribution in [3.8, 4) is 0 Å². The number of halogens is 4. The number of rotatable bonds is 9. The van der Waals surface area contributed by atoms with Crippen molar-refractivity contribution in [2.45, 2.75) is 64.6 Å². The van der Waals surface area contributed by atoms with E-state index in [4.69, 9.17) is 0 Å². The summed E-state index contributed by atoms with van der Waals surface area (Å²) in [5.41, 5.74) is 0. The average Bonchev–Trinajstić information content (AvgIpc) is 2.22. The molecule has 0 saturated carbocycles. The molecule has 98 valence electrons. The maximum Gasteiger partial charge on any atom is 0.381 e. The quantitative estimate of drug-likeness (QED) is 0.339. The molecule has 0 spiro atoms. The van der Waals surface area contributed by atoms with Gasteiger partial charge in [-0.2, -0.15) is 27.3 Å². The molecule has 0 saturated heterocycles. The molecule has 0 amide bonds. The van der Waals surface area contributed by atoms with Gasteiger partial charge in [0.2, 0.25) is 0 Å². The second kappa shape index (κ2) is 7.06. The highest BCUT2D eigenvalue weighted by Crippen LogP contribution is 2.29. The number of alkyl halides is 4. The summed E-state index contributed by atoms with van der Waals surface area (Å²) in [4.78, 5) is 7.02. The fourth-order valence-electron chi connectivity index (χ4n) is 0.970. The molecular formula is C10H18F4O2. The van der Waals surface area contributed by atoms with Gasteiger partial charge < -0.3 is 0 Å². The third-order valence-electron chi connectivity index (χ3n) is 1.93. The summed E-state index contributed by atoms with van der Waals surface area (Å²) in [7, 11) is 0. The predicted molar refractivity (Wildman–Crippen MR) is 51.1 cm³/mol. The zero-order valence-electron chi connectivity index (χ0n) is 9.57. The zero-order chi connectivity index (χ0) is 12.7. The minimum absolute atomic E-state index is 0.191. The summed E-state index contributed by atoms with van der Waals surface area (Å²) in [6.07, 6.45) is -7.08. The van der Waals surface area contributed by atoms with Crippen LogP contribution < -0.4 is 0 Å². The average molecular weight is 246 g/mol. The van der Waals surface area contributed by atoms with Gasteiger partial charge in [-0.25, -0.2) is 0 Å². The first-order valence-electron chi connectivity index (χ1n) is 5.45. The Balaban J connectivity index is 3.91. The summed E-state index contributed by atoms with van der Waals surface area (Å²) in [6.45, 7) is 3.43. The van der Waals surface area contributed by atoms with Crippen LogP contribution in [0.3, 0.4) is 0 Å². The molecule has 0 aromatic heterocycles. The Hall–Kier alpha value is -0.360. The molecule has 0 aliphatic heterocycles.